The number of rotatable bonds is 8. The topological polar surface area (TPSA) is 77.5 Å². The number of carbonyl (C=O) groups is 2. The zero-order valence-electron chi connectivity index (χ0n) is 16.2. The molecule has 3 aliphatic carbocycles. The van der Waals surface area contributed by atoms with E-state index >= 15 is 0 Å². The van der Waals surface area contributed by atoms with Gasteiger partial charge >= 0.3 is 6.36 Å². The van der Waals surface area contributed by atoms with E-state index < -0.39 is 12.2 Å². The van der Waals surface area contributed by atoms with Crippen LogP contribution in [-0.2, 0) is 4.79 Å². The lowest BCUT2D eigenvalue weighted by molar-refractivity contribution is -0.276. The van der Waals surface area contributed by atoms with Gasteiger partial charge in [0.15, 0.2) is 12.4 Å². The van der Waals surface area contributed by atoms with Crippen molar-refractivity contribution < 1.29 is 32.2 Å². The first kappa shape index (κ1) is 21.4. The minimum atomic E-state index is -4.83. The summed E-state index contributed by atoms with van der Waals surface area (Å²) in [5.74, 6) is -0.507. The zero-order chi connectivity index (χ0) is 22.3. The van der Waals surface area contributed by atoms with Crippen molar-refractivity contribution in [1.29, 1.82) is 0 Å². The molecule has 0 spiro atoms. The monoisotopic (exact) mass is 454 g/mol. The Morgan fingerprint density at radius 2 is 1.77 bits per heavy atom. The van der Waals surface area contributed by atoms with Crippen LogP contribution in [0.2, 0.25) is 5.02 Å². The lowest BCUT2D eigenvalue weighted by Crippen LogP contribution is -2.75. The number of hydrogen-bond donors (Lipinski definition) is 1. The molecule has 1 amide bonds. The van der Waals surface area contributed by atoms with Gasteiger partial charge in [0.2, 0.25) is 5.88 Å². The van der Waals surface area contributed by atoms with E-state index in [-0.39, 0.29) is 41.2 Å². The van der Waals surface area contributed by atoms with E-state index in [9.17, 15) is 22.8 Å². The molecule has 0 aliphatic heterocycles. The Balaban J connectivity index is 1.22. The SMILES string of the molecule is O=C(COc1ccc(Cl)cc1)NC12CC(CC(=O)c3ccc(OC(F)(F)F)nc3)(C1)C2. The Hall–Kier alpha value is -2.81. The van der Waals surface area contributed by atoms with Gasteiger partial charge in [0.1, 0.15) is 5.75 Å². The molecule has 3 aliphatic rings. The number of hydrogen-bond acceptors (Lipinski definition) is 5. The van der Waals surface area contributed by atoms with Crippen molar-refractivity contribution in [2.45, 2.75) is 37.6 Å². The minimum Gasteiger partial charge on any atom is -0.484 e. The third-order valence-electron chi connectivity index (χ3n) is 5.54. The van der Waals surface area contributed by atoms with Crippen LogP contribution in [0.4, 0.5) is 13.2 Å². The van der Waals surface area contributed by atoms with E-state index in [1.54, 1.807) is 24.3 Å². The number of amides is 1. The number of ketones is 1. The minimum absolute atomic E-state index is 0.118. The van der Waals surface area contributed by atoms with Gasteiger partial charge in [-0.1, -0.05) is 11.6 Å². The second-order valence-electron chi connectivity index (χ2n) is 8.13. The van der Waals surface area contributed by atoms with Gasteiger partial charge in [0, 0.05) is 34.8 Å². The molecule has 0 radical (unpaired) electrons. The van der Waals surface area contributed by atoms with Crippen molar-refractivity contribution in [3.63, 3.8) is 0 Å². The predicted molar refractivity (Wildman–Crippen MR) is 104 cm³/mol. The highest BCUT2D eigenvalue weighted by atomic mass is 35.5. The highest BCUT2D eigenvalue weighted by Gasteiger charge is 2.68. The molecule has 3 fully saturated rings. The van der Waals surface area contributed by atoms with Crippen LogP contribution in [0.5, 0.6) is 11.6 Å². The van der Waals surface area contributed by atoms with E-state index in [4.69, 9.17) is 16.3 Å². The highest BCUT2D eigenvalue weighted by molar-refractivity contribution is 6.30. The molecule has 0 saturated heterocycles. The normalized spacial score (nSPS) is 23.9. The molecule has 2 bridgehead atoms. The average molecular weight is 455 g/mol. The largest absolute Gasteiger partial charge is 0.574 e. The van der Waals surface area contributed by atoms with E-state index in [0.29, 0.717) is 30.0 Å². The molecule has 0 atom stereocenters. The van der Waals surface area contributed by atoms with E-state index in [1.165, 1.54) is 6.07 Å². The smallest absolute Gasteiger partial charge is 0.484 e. The van der Waals surface area contributed by atoms with Crippen LogP contribution in [0.1, 0.15) is 36.0 Å². The quantitative estimate of drug-likeness (QED) is 0.601. The number of aromatic nitrogens is 1. The van der Waals surface area contributed by atoms with E-state index in [0.717, 1.165) is 12.3 Å². The molecule has 164 valence electrons. The summed E-state index contributed by atoms with van der Waals surface area (Å²) in [5.41, 5.74) is -0.250. The number of benzene rings is 1. The van der Waals surface area contributed by atoms with Crippen molar-refractivity contribution >= 4 is 23.3 Å². The van der Waals surface area contributed by atoms with Crippen molar-refractivity contribution in [2.24, 2.45) is 5.41 Å². The molecule has 1 heterocycles. The summed E-state index contributed by atoms with van der Waals surface area (Å²) in [6.07, 6.45) is -1.44. The number of nitrogens with one attached hydrogen (secondary N) is 1. The van der Waals surface area contributed by atoms with Crippen LogP contribution in [-0.4, -0.2) is 35.2 Å². The van der Waals surface area contributed by atoms with Crippen LogP contribution in [0, 0.1) is 5.41 Å². The van der Waals surface area contributed by atoms with Gasteiger partial charge in [0.25, 0.3) is 5.91 Å². The first-order valence-electron chi connectivity index (χ1n) is 9.50. The number of Topliss-reactive ketones (excluding diaryl/α,β-unsaturated/α-hetero) is 1. The van der Waals surface area contributed by atoms with Gasteiger partial charge in [0.05, 0.1) is 0 Å². The summed E-state index contributed by atoms with van der Waals surface area (Å²) in [6, 6.07) is 8.98. The molecule has 1 aromatic carbocycles. The number of nitrogens with zero attached hydrogens (tertiary/aromatic N) is 1. The maximum Gasteiger partial charge on any atom is 0.574 e. The molecule has 6 nitrogen and oxygen atoms in total. The maximum atomic E-state index is 12.5. The third-order valence-corrected chi connectivity index (χ3v) is 5.79. The molecule has 0 unspecified atom stereocenters. The number of carbonyl (C=O) groups excluding carboxylic acids is 2. The van der Waals surface area contributed by atoms with Crippen LogP contribution in [0.3, 0.4) is 0 Å². The molecule has 5 rings (SSSR count). The fraction of sp³-hybridized carbons (Fsp3) is 0.381. The molecule has 31 heavy (non-hydrogen) atoms. The van der Waals surface area contributed by atoms with Crippen molar-refractivity contribution in [1.82, 2.24) is 10.3 Å². The number of ether oxygens (including phenoxy) is 2. The molecule has 10 heteroatoms. The van der Waals surface area contributed by atoms with Crippen LogP contribution >= 0.6 is 11.6 Å². The maximum absolute atomic E-state index is 12.5. The lowest BCUT2D eigenvalue weighted by atomic mass is 9.38. The predicted octanol–water partition coefficient (Wildman–Crippen LogP) is 4.32. The molecular formula is C21H18ClF3N2O4. The van der Waals surface area contributed by atoms with Crippen LogP contribution < -0.4 is 14.8 Å². The number of halogens is 4. The molecule has 1 aromatic heterocycles. The van der Waals surface area contributed by atoms with Crippen LogP contribution in [0.25, 0.3) is 0 Å². The second-order valence-corrected chi connectivity index (χ2v) is 8.57. The Kier molecular flexibility index (Phi) is 5.33. The molecule has 1 N–H and O–H groups in total. The van der Waals surface area contributed by atoms with E-state index in [1.807, 2.05) is 0 Å². The highest BCUT2D eigenvalue weighted by Crippen LogP contribution is 2.69. The second kappa shape index (κ2) is 7.71. The summed E-state index contributed by atoms with van der Waals surface area (Å²) < 4.78 is 45.7. The lowest BCUT2D eigenvalue weighted by Gasteiger charge is -2.70. The Bertz CT molecular complexity index is 973. The average Bonchev–Trinajstić information content (AvgIpc) is 2.64. The van der Waals surface area contributed by atoms with Crippen molar-refractivity contribution in [2.75, 3.05) is 6.61 Å². The van der Waals surface area contributed by atoms with Crippen LogP contribution in [0.15, 0.2) is 42.6 Å². The van der Waals surface area contributed by atoms with Gasteiger partial charge in [-0.15, -0.1) is 13.2 Å². The summed E-state index contributed by atoms with van der Waals surface area (Å²) >= 11 is 5.80. The van der Waals surface area contributed by atoms with Gasteiger partial charge in [-0.2, -0.15) is 0 Å². The number of alkyl halides is 3. The van der Waals surface area contributed by atoms with Gasteiger partial charge in [-0.05, 0) is 55.0 Å². The first-order valence-corrected chi connectivity index (χ1v) is 9.88. The number of pyridine rings is 1. The summed E-state index contributed by atoms with van der Waals surface area (Å²) in [5, 5.41) is 3.55. The zero-order valence-corrected chi connectivity index (χ0v) is 16.9. The molecule has 3 saturated carbocycles. The fourth-order valence-electron chi connectivity index (χ4n) is 4.50. The van der Waals surface area contributed by atoms with Gasteiger partial charge in [-0.3, -0.25) is 9.59 Å². The fourth-order valence-corrected chi connectivity index (χ4v) is 4.62. The molecule has 2 aromatic rings. The first-order chi connectivity index (χ1) is 14.6. The van der Waals surface area contributed by atoms with Crippen molar-refractivity contribution in [3.8, 4) is 11.6 Å². The summed E-state index contributed by atoms with van der Waals surface area (Å²) in [6.45, 7) is -0.118. The Morgan fingerprint density at radius 3 is 2.35 bits per heavy atom. The standard InChI is InChI=1S/C21H18ClF3N2O4/c22-14-2-4-15(5-3-14)30-9-17(29)27-20-10-19(11-20,12-20)7-16(28)13-1-6-18(26-8-13)31-21(23,24)25/h1-6,8H,7,9-12H2,(H,27,29). The Labute approximate surface area is 180 Å². The summed E-state index contributed by atoms with van der Waals surface area (Å²) in [7, 11) is 0. The van der Waals surface area contributed by atoms with Gasteiger partial charge in [-0.25, -0.2) is 4.98 Å². The van der Waals surface area contributed by atoms with E-state index in [2.05, 4.69) is 15.0 Å². The summed E-state index contributed by atoms with van der Waals surface area (Å²) in [4.78, 5) is 28.2. The molecular weight excluding hydrogens is 437 g/mol. The van der Waals surface area contributed by atoms with Gasteiger partial charge < -0.3 is 14.8 Å². The van der Waals surface area contributed by atoms with Crippen molar-refractivity contribution in [3.05, 3.63) is 53.2 Å². The third kappa shape index (κ3) is 4.92. The Morgan fingerprint density at radius 1 is 1.10 bits per heavy atom.